The normalized spacial score (nSPS) is 12.0. The van der Waals surface area contributed by atoms with E-state index in [0.717, 1.165) is 10.9 Å². The molecule has 0 bridgehead atoms. The Morgan fingerprint density at radius 3 is 2.60 bits per heavy atom. The van der Waals surface area contributed by atoms with E-state index in [9.17, 15) is 0 Å². The molecule has 1 nitrogen and oxygen atoms in total. The molecule has 15 heavy (non-hydrogen) atoms. The van der Waals surface area contributed by atoms with E-state index >= 15 is 0 Å². The fourth-order valence-corrected chi connectivity index (χ4v) is 1.76. The van der Waals surface area contributed by atoms with Crippen LogP contribution in [0.4, 0.5) is 0 Å². The minimum atomic E-state index is 0.128. The van der Waals surface area contributed by atoms with E-state index in [0.29, 0.717) is 5.02 Å². The Balaban J connectivity index is 2.68. The third-order valence-electron chi connectivity index (χ3n) is 2.53. The summed E-state index contributed by atoms with van der Waals surface area (Å²) < 4.78 is 0. The summed E-state index contributed by atoms with van der Waals surface area (Å²) in [6.07, 6.45) is 1.91. The number of aromatic nitrogens is 1. The summed E-state index contributed by atoms with van der Waals surface area (Å²) in [5, 5.41) is 1.82. The van der Waals surface area contributed by atoms with Gasteiger partial charge in [0.1, 0.15) is 0 Å². The van der Waals surface area contributed by atoms with Crippen LogP contribution in [0.5, 0.6) is 0 Å². The first-order chi connectivity index (χ1) is 6.98. The molecule has 0 spiro atoms. The summed E-state index contributed by atoms with van der Waals surface area (Å²) in [6, 6.07) is 8.03. The lowest BCUT2D eigenvalue weighted by atomic mass is 9.88. The molecule has 0 saturated carbocycles. The number of pyridine rings is 1. The van der Waals surface area contributed by atoms with E-state index < -0.39 is 0 Å². The van der Waals surface area contributed by atoms with Gasteiger partial charge in [0.2, 0.25) is 0 Å². The van der Waals surface area contributed by atoms with Crippen molar-refractivity contribution in [1.29, 1.82) is 0 Å². The molecule has 0 radical (unpaired) electrons. The van der Waals surface area contributed by atoms with Crippen LogP contribution in [0.2, 0.25) is 5.02 Å². The van der Waals surface area contributed by atoms with Gasteiger partial charge in [-0.1, -0.05) is 44.5 Å². The molecule has 0 amide bonds. The average Bonchev–Trinajstić information content (AvgIpc) is 2.16. The first-order valence-electron chi connectivity index (χ1n) is 5.03. The summed E-state index contributed by atoms with van der Waals surface area (Å²) in [5.41, 5.74) is 2.24. The van der Waals surface area contributed by atoms with Crippen molar-refractivity contribution < 1.29 is 0 Å². The number of rotatable bonds is 0. The third kappa shape index (κ3) is 1.98. The molecule has 1 heterocycles. The molecule has 1 aromatic heterocycles. The lowest BCUT2D eigenvalue weighted by molar-refractivity contribution is 0.589. The summed E-state index contributed by atoms with van der Waals surface area (Å²) in [5.74, 6) is 0. The first-order valence-corrected chi connectivity index (χ1v) is 5.41. The molecule has 0 aliphatic heterocycles. The number of hydrogen-bond acceptors (Lipinski definition) is 1. The third-order valence-corrected chi connectivity index (χ3v) is 2.83. The van der Waals surface area contributed by atoms with Gasteiger partial charge in [-0.2, -0.15) is 0 Å². The van der Waals surface area contributed by atoms with Crippen molar-refractivity contribution in [2.45, 2.75) is 26.2 Å². The lowest BCUT2D eigenvalue weighted by Crippen LogP contribution is -2.11. The van der Waals surface area contributed by atoms with E-state index in [1.165, 1.54) is 5.56 Å². The Morgan fingerprint density at radius 1 is 1.20 bits per heavy atom. The van der Waals surface area contributed by atoms with E-state index in [-0.39, 0.29) is 5.41 Å². The van der Waals surface area contributed by atoms with Crippen LogP contribution in [0.15, 0.2) is 30.5 Å². The van der Waals surface area contributed by atoms with Crippen molar-refractivity contribution in [1.82, 2.24) is 4.98 Å². The SMILES string of the molecule is CC(C)(C)c1cnc2c(Cl)cccc2c1. The van der Waals surface area contributed by atoms with Crippen molar-refractivity contribution >= 4 is 22.5 Å². The Bertz CT molecular complexity index is 497. The Hall–Kier alpha value is -1.08. The highest BCUT2D eigenvalue weighted by molar-refractivity contribution is 6.35. The smallest absolute Gasteiger partial charge is 0.0888 e. The number of fused-ring (bicyclic) bond motifs is 1. The van der Waals surface area contributed by atoms with Crippen LogP contribution < -0.4 is 0 Å². The molecule has 0 N–H and O–H groups in total. The molecule has 78 valence electrons. The van der Waals surface area contributed by atoms with E-state index in [1.807, 2.05) is 24.4 Å². The second-order valence-corrected chi connectivity index (χ2v) is 5.19. The number of benzene rings is 1. The molecule has 0 aliphatic rings. The standard InChI is InChI=1S/C13H14ClN/c1-13(2,3)10-7-9-5-4-6-11(14)12(9)15-8-10/h4-8H,1-3H3. The zero-order chi connectivity index (χ0) is 11.1. The van der Waals surface area contributed by atoms with Crippen molar-refractivity contribution in [3.8, 4) is 0 Å². The highest BCUT2D eigenvalue weighted by Gasteiger charge is 2.14. The zero-order valence-corrected chi connectivity index (χ0v) is 9.97. The van der Waals surface area contributed by atoms with Crippen LogP contribution in [0.25, 0.3) is 10.9 Å². The Labute approximate surface area is 95.1 Å². The van der Waals surface area contributed by atoms with Crippen molar-refractivity contribution in [3.63, 3.8) is 0 Å². The van der Waals surface area contributed by atoms with Crippen LogP contribution in [0.1, 0.15) is 26.3 Å². The Kier molecular flexibility index (Phi) is 2.43. The summed E-state index contributed by atoms with van der Waals surface area (Å²) in [7, 11) is 0. The maximum atomic E-state index is 6.06. The van der Waals surface area contributed by atoms with Crippen LogP contribution in [0.3, 0.4) is 0 Å². The molecule has 0 saturated heterocycles. The minimum Gasteiger partial charge on any atom is -0.254 e. The highest BCUT2D eigenvalue weighted by atomic mass is 35.5. The molecular formula is C13H14ClN. The second kappa shape index (κ2) is 3.49. The average molecular weight is 220 g/mol. The van der Waals surface area contributed by atoms with Crippen LogP contribution in [-0.4, -0.2) is 4.98 Å². The van der Waals surface area contributed by atoms with Gasteiger partial charge in [0, 0.05) is 11.6 Å². The minimum absolute atomic E-state index is 0.128. The number of para-hydroxylation sites is 1. The zero-order valence-electron chi connectivity index (χ0n) is 9.21. The fourth-order valence-electron chi connectivity index (χ4n) is 1.53. The van der Waals surface area contributed by atoms with Gasteiger partial charge < -0.3 is 0 Å². The van der Waals surface area contributed by atoms with Gasteiger partial charge in [0.15, 0.2) is 0 Å². The van der Waals surface area contributed by atoms with Crippen molar-refractivity contribution in [2.24, 2.45) is 0 Å². The summed E-state index contributed by atoms with van der Waals surface area (Å²) in [4.78, 5) is 4.42. The van der Waals surface area contributed by atoms with Crippen LogP contribution >= 0.6 is 11.6 Å². The van der Waals surface area contributed by atoms with Gasteiger partial charge in [0.05, 0.1) is 10.5 Å². The molecule has 0 atom stereocenters. The number of halogens is 1. The summed E-state index contributed by atoms with van der Waals surface area (Å²) in [6.45, 7) is 6.54. The predicted molar refractivity (Wildman–Crippen MR) is 65.5 cm³/mol. The molecular weight excluding hydrogens is 206 g/mol. The van der Waals surface area contributed by atoms with E-state index in [2.05, 4.69) is 31.8 Å². The maximum Gasteiger partial charge on any atom is 0.0888 e. The maximum absolute atomic E-state index is 6.06. The van der Waals surface area contributed by atoms with Crippen LogP contribution in [0, 0.1) is 0 Å². The molecule has 0 fully saturated rings. The summed E-state index contributed by atoms with van der Waals surface area (Å²) >= 11 is 6.06. The topological polar surface area (TPSA) is 12.9 Å². The van der Waals surface area contributed by atoms with Crippen molar-refractivity contribution in [3.05, 3.63) is 41.0 Å². The highest BCUT2D eigenvalue weighted by Crippen LogP contribution is 2.27. The molecule has 0 unspecified atom stereocenters. The quantitative estimate of drug-likeness (QED) is 0.648. The first kappa shape index (κ1) is 10.4. The molecule has 2 aromatic rings. The van der Waals surface area contributed by atoms with E-state index in [1.54, 1.807) is 0 Å². The monoisotopic (exact) mass is 219 g/mol. The van der Waals surface area contributed by atoms with E-state index in [4.69, 9.17) is 11.6 Å². The second-order valence-electron chi connectivity index (χ2n) is 4.79. The van der Waals surface area contributed by atoms with Gasteiger partial charge in [-0.05, 0) is 23.1 Å². The van der Waals surface area contributed by atoms with Gasteiger partial charge in [0.25, 0.3) is 0 Å². The number of nitrogens with zero attached hydrogens (tertiary/aromatic N) is 1. The van der Waals surface area contributed by atoms with Gasteiger partial charge in [-0.15, -0.1) is 0 Å². The molecule has 2 rings (SSSR count). The van der Waals surface area contributed by atoms with Gasteiger partial charge >= 0.3 is 0 Å². The largest absolute Gasteiger partial charge is 0.254 e. The molecule has 1 aromatic carbocycles. The molecule has 0 aliphatic carbocycles. The van der Waals surface area contributed by atoms with Gasteiger partial charge in [-0.3, -0.25) is 4.98 Å². The molecule has 2 heteroatoms. The lowest BCUT2D eigenvalue weighted by Gasteiger charge is -2.18. The van der Waals surface area contributed by atoms with Crippen molar-refractivity contribution in [2.75, 3.05) is 0 Å². The number of hydrogen-bond donors (Lipinski definition) is 0. The Morgan fingerprint density at radius 2 is 1.93 bits per heavy atom. The fraction of sp³-hybridized carbons (Fsp3) is 0.308. The predicted octanol–water partition coefficient (Wildman–Crippen LogP) is 4.19. The van der Waals surface area contributed by atoms with Crippen LogP contribution in [-0.2, 0) is 5.41 Å². The van der Waals surface area contributed by atoms with Gasteiger partial charge in [-0.25, -0.2) is 0 Å².